The molecular weight excluding hydrogens is 348 g/mol. The molecule has 7 nitrogen and oxygen atoms in total. The Morgan fingerprint density at radius 2 is 1.52 bits per heavy atom. The predicted octanol–water partition coefficient (Wildman–Crippen LogP) is 2.31. The summed E-state index contributed by atoms with van der Waals surface area (Å²) in [5, 5.41) is 0.520. The molecule has 1 unspecified atom stereocenters. The standard InChI is InChI=1S/C20H22N2O5/c23-17-11-13(12-21(17)14-7-3-1-2-4-8-14)20(26)27-22-18(24)15-9-5-6-10-16(15)19(22)25/h5-6,9-10,13-14H,1-4,7-8,11-12H2. The first kappa shape index (κ1) is 17.7. The fourth-order valence-electron chi connectivity index (χ4n) is 4.23. The molecule has 1 aliphatic carbocycles. The Hall–Kier alpha value is -2.70. The van der Waals surface area contributed by atoms with Crippen molar-refractivity contribution < 1.29 is 24.0 Å². The maximum atomic E-state index is 12.5. The van der Waals surface area contributed by atoms with Crippen molar-refractivity contribution in [2.75, 3.05) is 6.54 Å². The van der Waals surface area contributed by atoms with Crippen molar-refractivity contribution in [1.82, 2.24) is 9.96 Å². The molecule has 0 bridgehead atoms. The van der Waals surface area contributed by atoms with Crippen molar-refractivity contribution >= 4 is 23.7 Å². The van der Waals surface area contributed by atoms with E-state index in [9.17, 15) is 19.2 Å². The number of benzene rings is 1. The van der Waals surface area contributed by atoms with Crippen molar-refractivity contribution in [3.05, 3.63) is 35.4 Å². The molecule has 0 aromatic heterocycles. The fourth-order valence-corrected chi connectivity index (χ4v) is 4.23. The highest BCUT2D eigenvalue weighted by atomic mass is 16.7. The Kier molecular flexibility index (Phi) is 4.68. The summed E-state index contributed by atoms with van der Waals surface area (Å²) >= 11 is 0. The van der Waals surface area contributed by atoms with E-state index in [4.69, 9.17) is 4.84 Å². The van der Waals surface area contributed by atoms with Gasteiger partial charge in [-0.3, -0.25) is 14.4 Å². The average molecular weight is 370 g/mol. The molecule has 0 radical (unpaired) electrons. The zero-order valence-corrected chi connectivity index (χ0v) is 15.1. The van der Waals surface area contributed by atoms with Crippen molar-refractivity contribution in [2.45, 2.75) is 51.0 Å². The van der Waals surface area contributed by atoms with E-state index in [-0.39, 0.29) is 29.5 Å². The number of hydrogen-bond donors (Lipinski definition) is 0. The number of carbonyl (C=O) groups excluding carboxylic acids is 4. The number of amides is 3. The van der Waals surface area contributed by atoms with Gasteiger partial charge in [0.2, 0.25) is 5.91 Å². The van der Waals surface area contributed by atoms with Crippen LogP contribution in [0.2, 0.25) is 0 Å². The Balaban J connectivity index is 1.42. The van der Waals surface area contributed by atoms with Crippen molar-refractivity contribution in [1.29, 1.82) is 0 Å². The molecule has 3 amide bonds. The lowest BCUT2D eigenvalue weighted by molar-refractivity contribution is -0.173. The molecule has 2 fully saturated rings. The van der Waals surface area contributed by atoms with Crippen LogP contribution in [0.25, 0.3) is 0 Å². The fraction of sp³-hybridized carbons (Fsp3) is 0.500. The highest BCUT2D eigenvalue weighted by Gasteiger charge is 2.43. The quantitative estimate of drug-likeness (QED) is 0.602. The highest BCUT2D eigenvalue weighted by molar-refractivity contribution is 6.20. The van der Waals surface area contributed by atoms with Crippen LogP contribution in [0.3, 0.4) is 0 Å². The van der Waals surface area contributed by atoms with E-state index in [0.717, 1.165) is 25.7 Å². The monoisotopic (exact) mass is 370 g/mol. The summed E-state index contributed by atoms with van der Waals surface area (Å²) in [6, 6.07) is 6.52. The maximum absolute atomic E-state index is 12.5. The molecule has 1 atom stereocenters. The molecule has 1 aromatic carbocycles. The largest absolute Gasteiger partial charge is 0.339 e. The van der Waals surface area contributed by atoms with E-state index in [1.165, 1.54) is 25.0 Å². The lowest BCUT2D eigenvalue weighted by Gasteiger charge is -2.27. The molecule has 4 rings (SSSR count). The molecule has 27 heavy (non-hydrogen) atoms. The van der Waals surface area contributed by atoms with Crippen LogP contribution in [-0.2, 0) is 14.4 Å². The summed E-state index contributed by atoms with van der Waals surface area (Å²) in [7, 11) is 0. The molecule has 142 valence electrons. The minimum absolute atomic E-state index is 0.0498. The maximum Gasteiger partial charge on any atom is 0.338 e. The Morgan fingerprint density at radius 3 is 2.11 bits per heavy atom. The van der Waals surface area contributed by atoms with Gasteiger partial charge in [0.1, 0.15) is 0 Å². The lowest BCUT2D eigenvalue weighted by atomic mass is 10.1. The van der Waals surface area contributed by atoms with Gasteiger partial charge in [0.25, 0.3) is 11.8 Å². The Morgan fingerprint density at radius 1 is 0.926 bits per heavy atom. The van der Waals surface area contributed by atoms with Gasteiger partial charge in [-0.15, -0.1) is 0 Å². The van der Waals surface area contributed by atoms with Crippen LogP contribution >= 0.6 is 0 Å². The smallest absolute Gasteiger partial charge is 0.338 e. The van der Waals surface area contributed by atoms with Gasteiger partial charge in [0.05, 0.1) is 17.0 Å². The number of carbonyl (C=O) groups is 4. The number of nitrogens with zero attached hydrogens (tertiary/aromatic N) is 2. The van der Waals surface area contributed by atoms with E-state index in [1.54, 1.807) is 17.0 Å². The van der Waals surface area contributed by atoms with Crippen molar-refractivity contribution in [3.63, 3.8) is 0 Å². The number of hydroxylamine groups is 2. The van der Waals surface area contributed by atoms with Gasteiger partial charge < -0.3 is 9.74 Å². The van der Waals surface area contributed by atoms with E-state index in [0.29, 0.717) is 11.6 Å². The molecule has 0 spiro atoms. The van der Waals surface area contributed by atoms with Crippen LogP contribution in [0.1, 0.15) is 65.7 Å². The van der Waals surface area contributed by atoms with Crippen molar-refractivity contribution in [3.8, 4) is 0 Å². The van der Waals surface area contributed by atoms with Crippen LogP contribution in [0.4, 0.5) is 0 Å². The van der Waals surface area contributed by atoms with E-state index in [2.05, 4.69) is 0 Å². The third kappa shape index (κ3) is 3.22. The molecule has 1 saturated heterocycles. The summed E-state index contributed by atoms with van der Waals surface area (Å²) in [5.41, 5.74) is 0.441. The first-order chi connectivity index (χ1) is 13.1. The van der Waals surface area contributed by atoms with Crippen LogP contribution in [0.15, 0.2) is 24.3 Å². The molecule has 0 N–H and O–H groups in total. The molecule has 2 heterocycles. The number of fused-ring (bicyclic) bond motifs is 1. The predicted molar refractivity (Wildman–Crippen MR) is 94.3 cm³/mol. The number of imide groups is 1. The third-order valence-corrected chi connectivity index (χ3v) is 5.70. The summed E-state index contributed by atoms with van der Waals surface area (Å²) in [6.45, 7) is 0.297. The molecule has 1 aromatic rings. The number of likely N-dealkylation sites (tertiary alicyclic amines) is 1. The molecule has 2 aliphatic heterocycles. The zero-order chi connectivity index (χ0) is 19.0. The van der Waals surface area contributed by atoms with Gasteiger partial charge in [-0.25, -0.2) is 4.79 Å². The summed E-state index contributed by atoms with van der Waals surface area (Å²) in [6.07, 6.45) is 6.56. The first-order valence-electron chi connectivity index (χ1n) is 9.55. The normalized spacial score (nSPS) is 23.6. The van der Waals surface area contributed by atoms with Gasteiger partial charge in [-0.05, 0) is 25.0 Å². The van der Waals surface area contributed by atoms with Crippen LogP contribution in [0.5, 0.6) is 0 Å². The molecule has 1 saturated carbocycles. The number of rotatable bonds is 3. The van der Waals surface area contributed by atoms with Gasteiger partial charge in [0.15, 0.2) is 0 Å². The average Bonchev–Trinajstić information content (AvgIpc) is 3.02. The minimum atomic E-state index is -0.700. The Labute approximate surface area is 157 Å². The van der Waals surface area contributed by atoms with E-state index in [1.807, 2.05) is 0 Å². The van der Waals surface area contributed by atoms with E-state index < -0.39 is 23.7 Å². The van der Waals surface area contributed by atoms with E-state index >= 15 is 0 Å². The lowest BCUT2D eigenvalue weighted by Crippen LogP contribution is -2.38. The zero-order valence-electron chi connectivity index (χ0n) is 15.1. The Bertz CT molecular complexity index is 762. The second kappa shape index (κ2) is 7.13. The van der Waals surface area contributed by atoms with Crippen LogP contribution < -0.4 is 0 Å². The summed E-state index contributed by atoms with van der Waals surface area (Å²) in [5.74, 6) is -2.69. The van der Waals surface area contributed by atoms with Gasteiger partial charge in [-0.2, -0.15) is 0 Å². The second-order valence-corrected chi connectivity index (χ2v) is 7.45. The minimum Gasteiger partial charge on any atom is -0.339 e. The highest BCUT2D eigenvalue weighted by Crippen LogP contribution is 2.30. The van der Waals surface area contributed by atoms with Gasteiger partial charge in [-0.1, -0.05) is 42.9 Å². The number of hydrogen-bond acceptors (Lipinski definition) is 5. The summed E-state index contributed by atoms with van der Waals surface area (Å²) < 4.78 is 0. The van der Waals surface area contributed by atoms with Crippen LogP contribution in [-0.4, -0.2) is 46.2 Å². The van der Waals surface area contributed by atoms with Gasteiger partial charge in [0, 0.05) is 19.0 Å². The summed E-state index contributed by atoms with van der Waals surface area (Å²) in [4.78, 5) is 56.5. The SMILES string of the molecule is O=C(ON1C(=O)c2ccccc2C1=O)C1CC(=O)N(C2CCCCCC2)C1. The van der Waals surface area contributed by atoms with Crippen molar-refractivity contribution in [2.24, 2.45) is 5.92 Å². The molecular formula is C20H22N2O5. The van der Waals surface area contributed by atoms with Crippen LogP contribution in [0, 0.1) is 5.92 Å². The third-order valence-electron chi connectivity index (χ3n) is 5.70. The molecule has 7 heteroatoms. The van der Waals surface area contributed by atoms with Gasteiger partial charge >= 0.3 is 5.97 Å². The topological polar surface area (TPSA) is 84.0 Å². The second-order valence-electron chi connectivity index (χ2n) is 7.45. The molecule has 3 aliphatic rings. The first-order valence-corrected chi connectivity index (χ1v) is 9.55.